The van der Waals surface area contributed by atoms with Gasteiger partial charge in [-0.25, -0.2) is 4.79 Å². The number of pyridine rings is 1. The van der Waals surface area contributed by atoms with Crippen LogP contribution in [-0.2, 0) is 0 Å². The first kappa shape index (κ1) is 12.1. The second-order valence-electron chi connectivity index (χ2n) is 3.24. The van der Waals surface area contributed by atoms with Gasteiger partial charge in [0, 0.05) is 26.7 Å². The molecule has 1 heterocycles. The highest BCUT2D eigenvalue weighted by atomic mass is 79.9. The molecule has 0 atom stereocenters. The van der Waals surface area contributed by atoms with Gasteiger partial charge in [-0.1, -0.05) is 33.8 Å². The van der Waals surface area contributed by atoms with Crippen molar-refractivity contribution in [3.63, 3.8) is 0 Å². The maximum Gasteiger partial charge on any atom is 0.336 e. The fourth-order valence-corrected chi connectivity index (χ4v) is 2.81. The Balaban J connectivity index is 2.33. The van der Waals surface area contributed by atoms with Gasteiger partial charge in [0.2, 0.25) is 0 Å². The molecule has 0 aliphatic carbocycles. The number of aromatic carboxylic acids is 1. The first-order valence-electron chi connectivity index (χ1n) is 4.77. The van der Waals surface area contributed by atoms with E-state index in [1.54, 1.807) is 6.20 Å². The van der Waals surface area contributed by atoms with Gasteiger partial charge in [-0.3, -0.25) is 4.98 Å². The predicted molar refractivity (Wildman–Crippen MR) is 69.5 cm³/mol. The zero-order chi connectivity index (χ0) is 12.3. The molecule has 0 amide bonds. The zero-order valence-electron chi connectivity index (χ0n) is 8.63. The smallest absolute Gasteiger partial charge is 0.336 e. The van der Waals surface area contributed by atoms with Crippen molar-refractivity contribution < 1.29 is 9.90 Å². The third kappa shape index (κ3) is 3.08. The summed E-state index contributed by atoms with van der Waals surface area (Å²) in [5.41, 5.74) is 0.268. The van der Waals surface area contributed by atoms with Gasteiger partial charge in [-0.2, -0.15) is 0 Å². The van der Waals surface area contributed by atoms with Crippen LogP contribution in [0.1, 0.15) is 10.4 Å². The van der Waals surface area contributed by atoms with E-state index in [9.17, 15) is 4.79 Å². The summed E-state index contributed by atoms with van der Waals surface area (Å²) in [6.07, 6.45) is 3.05. The van der Waals surface area contributed by atoms with Gasteiger partial charge in [0.05, 0.1) is 5.56 Å². The van der Waals surface area contributed by atoms with Gasteiger partial charge in [0.15, 0.2) is 0 Å². The minimum absolute atomic E-state index is 0.268. The third-order valence-electron chi connectivity index (χ3n) is 2.04. The van der Waals surface area contributed by atoms with E-state index >= 15 is 0 Å². The molecule has 1 aromatic carbocycles. The Morgan fingerprint density at radius 3 is 2.88 bits per heavy atom. The molecule has 5 heteroatoms. The first-order chi connectivity index (χ1) is 8.16. The van der Waals surface area contributed by atoms with E-state index in [0.29, 0.717) is 4.90 Å². The van der Waals surface area contributed by atoms with Gasteiger partial charge in [-0.15, -0.1) is 0 Å². The van der Waals surface area contributed by atoms with Gasteiger partial charge >= 0.3 is 5.97 Å². The van der Waals surface area contributed by atoms with Crippen LogP contribution in [0, 0.1) is 0 Å². The Morgan fingerprint density at radius 1 is 1.35 bits per heavy atom. The van der Waals surface area contributed by atoms with Gasteiger partial charge in [-0.05, 0) is 24.3 Å². The number of aromatic nitrogens is 1. The summed E-state index contributed by atoms with van der Waals surface area (Å²) in [7, 11) is 0. The molecule has 0 saturated heterocycles. The summed E-state index contributed by atoms with van der Waals surface area (Å²) < 4.78 is 0.961. The normalized spacial score (nSPS) is 10.2. The lowest BCUT2D eigenvalue weighted by molar-refractivity contribution is 0.0693. The minimum Gasteiger partial charge on any atom is -0.478 e. The van der Waals surface area contributed by atoms with Crippen LogP contribution in [0.3, 0.4) is 0 Å². The molecule has 1 N–H and O–H groups in total. The van der Waals surface area contributed by atoms with E-state index in [0.717, 1.165) is 9.37 Å². The van der Waals surface area contributed by atoms with Crippen molar-refractivity contribution in [2.45, 2.75) is 9.79 Å². The number of carboxylic acid groups (broad SMARTS) is 1. The van der Waals surface area contributed by atoms with E-state index in [4.69, 9.17) is 5.11 Å². The number of hydrogen-bond donors (Lipinski definition) is 1. The van der Waals surface area contributed by atoms with Crippen LogP contribution < -0.4 is 0 Å². The second kappa shape index (κ2) is 5.33. The summed E-state index contributed by atoms with van der Waals surface area (Å²) in [5.74, 6) is -0.940. The van der Waals surface area contributed by atoms with E-state index in [2.05, 4.69) is 20.9 Å². The Hall–Kier alpha value is -1.33. The fraction of sp³-hybridized carbons (Fsp3) is 0. The van der Waals surface area contributed by atoms with Crippen LogP contribution in [0.2, 0.25) is 0 Å². The number of carbonyl (C=O) groups is 1. The van der Waals surface area contributed by atoms with Crippen molar-refractivity contribution in [2.24, 2.45) is 0 Å². The van der Waals surface area contributed by atoms with Crippen LogP contribution in [0.5, 0.6) is 0 Å². The van der Waals surface area contributed by atoms with Crippen molar-refractivity contribution in [3.8, 4) is 0 Å². The lowest BCUT2D eigenvalue weighted by atomic mass is 10.3. The van der Waals surface area contributed by atoms with Gasteiger partial charge < -0.3 is 5.11 Å². The van der Waals surface area contributed by atoms with E-state index < -0.39 is 5.97 Å². The SMILES string of the molecule is O=C(O)c1ccncc1Sc1cccc(Br)c1. The zero-order valence-corrected chi connectivity index (χ0v) is 11.0. The van der Waals surface area contributed by atoms with E-state index in [1.807, 2.05) is 24.3 Å². The van der Waals surface area contributed by atoms with Crippen molar-refractivity contribution in [3.05, 3.63) is 52.8 Å². The van der Waals surface area contributed by atoms with Crippen molar-refractivity contribution in [1.29, 1.82) is 0 Å². The molecule has 0 unspecified atom stereocenters. The first-order valence-corrected chi connectivity index (χ1v) is 6.38. The van der Waals surface area contributed by atoms with Crippen LogP contribution in [0.25, 0.3) is 0 Å². The highest BCUT2D eigenvalue weighted by Gasteiger charge is 2.10. The number of halogens is 1. The van der Waals surface area contributed by atoms with Crippen LogP contribution >= 0.6 is 27.7 Å². The summed E-state index contributed by atoms with van der Waals surface area (Å²) in [5, 5.41) is 9.05. The van der Waals surface area contributed by atoms with Gasteiger partial charge in [0.25, 0.3) is 0 Å². The molecule has 0 bridgehead atoms. The molecular formula is C12H8BrNO2S. The molecule has 0 radical (unpaired) electrons. The van der Waals surface area contributed by atoms with E-state index in [1.165, 1.54) is 24.0 Å². The monoisotopic (exact) mass is 309 g/mol. The largest absolute Gasteiger partial charge is 0.478 e. The Bertz CT molecular complexity index is 560. The van der Waals surface area contributed by atoms with Crippen molar-refractivity contribution >= 4 is 33.7 Å². The number of benzene rings is 1. The summed E-state index contributed by atoms with van der Waals surface area (Å²) in [6, 6.07) is 9.19. The quantitative estimate of drug-likeness (QED) is 0.939. The predicted octanol–water partition coefficient (Wildman–Crippen LogP) is 3.69. The van der Waals surface area contributed by atoms with Crippen molar-refractivity contribution in [2.75, 3.05) is 0 Å². The summed E-state index contributed by atoms with van der Waals surface area (Å²) in [4.78, 5) is 16.6. The van der Waals surface area contributed by atoms with Crippen LogP contribution in [-0.4, -0.2) is 16.1 Å². The molecule has 17 heavy (non-hydrogen) atoms. The molecule has 0 aliphatic heterocycles. The number of nitrogens with zero attached hydrogens (tertiary/aromatic N) is 1. The maximum atomic E-state index is 11.0. The third-order valence-corrected chi connectivity index (χ3v) is 3.57. The lowest BCUT2D eigenvalue weighted by Gasteiger charge is -2.04. The van der Waals surface area contributed by atoms with Crippen LogP contribution in [0.4, 0.5) is 0 Å². The highest BCUT2D eigenvalue weighted by molar-refractivity contribution is 9.10. The summed E-state index contributed by atoms with van der Waals surface area (Å²) >= 11 is 4.76. The molecule has 3 nitrogen and oxygen atoms in total. The summed E-state index contributed by atoms with van der Waals surface area (Å²) in [6.45, 7) is 0. The average Bonchev–Trinajstić information content (AvgIpc) is 2.29. The Morgan fingerprint density at radius 2 is 2.18 bits per heavy atom. The van der Waals surface area contributed by atoms with Crippen molar-refractivity contribution in [1.82, 2.24) is 4.98 Å². The molecule has 0 aliphatic rings. The molecule has 1 aromatic heterocycles. The molecule has 2 rings (SSSR count). The Kier molecular flexibility index (Phi) is 3.81. The van der Waals surface area contributed by atoms with E-state index in [-0.39, 0.29) is 5.56 Å². The fourth-order valence-electron chi connectivity index (χ4n) is 1.30. The molecule has 0 saturated carbocycles. The molecule has 86 valence electrons. The molecule has 2 aromatic rings. The second-order valence-corrected chi connectivity index (χ2v) is 5.27. The Labute approximate surface area is 111 Å². The minimum atomic E-state index is -0.940. The number of hydrogen-bond acceptors (Lipinski definition) is 3. The standard InChI is InChI=1S/C12H8BrNO2S/c13-8-2-1-3-9(6-8)17-11-7-14-5-4-10(11)12(15)16/h1-7H,(H,15,16). The molecular weight excluding hydrogens is 302 g/mol. The number of carboxylic acids is 1. The topological polar surface area (TPSA) is 50.2 Å². The average molecular weight is 310 g/mol. The number of rotatable bonds is 3. The maximum absolute atomic E-state index is 11.0. The highest BCUT2D eigenvalue weighted by Crippen LogP contribution is 2.31. The lowest BCUT2D eigenvalue weighted by Crippen LogP contribution is -1.98. The van der Waals surface area contributed by atoms with Gasteiger partial charge in [0.1, 0.15) is 0 Å². The molecule has 0 spiro atoms. The molecule has 0 fully saturated rings. The van der Waals surface area contributed by atoms with Crippen LogP contribution in [0.15, 0.2) is 57.0 Å².